The van der Waals surface area contributed by atoms with Crippen molar-refractivity contribution >= 4 is 43.8 Å². The number of methoxy groups -OCH3 is 1. The molecule has 0 bridgehead atoms. The fourth-order valence-corrected chi connectivity index (χ4v) is 7.29. The molecule has 2 amide bonds. The Hall–Kier alpha value is -2.91. The first-order valence-corrected chi connectivity index (χ1v) is 16.5. The van der Waals surface area contributed by atoms with E-state index in [2.05, 4.69) is 20.4 Å². The summed E-state index contributed by atoms with van der Waals surface area (Å²) in [5, 5.41) is 17.2. The van der Waals surface area contributed by atoms with Crippen LogP contribution in [0, 0.1) is 0 Å². The van der Waals surface area contributed by atoms with Crippen LogP contribution in [-0.2, 0) is 35.5 Å². The summed E-state index contributed by atoms with van der Waals surface area (Å²) in [5.74, 6) is -0.519. The van der Waals surface area contributed by atoms with Gasteiger partial charge in [0.25, 0.3) is 5.91 Å². The van der Waals surface area contributed by atoms with Gasteiger partial charge in [-0.1, -0.05) is 17.3 Å². The molecule has 1 saturated carbocycles. The lowest BCUT2D eigenvalue weighted by molar-refractivity contribution is -0.133. The second kappa shape index (κ2) is 14.5. The summed E-state index contributed by atoms with van der Waals surface area (Å²) >= 11 is 1.35. The lowest BCUT2D eigenvalue weighted by Gasteiger charge is -2.39. The number of aromatic nitrogens is 1. The molecule has 2 heterocycles. The highest BCUT2D eigenvalue weighted by Crippen LogP contribution is 2.24. The van der Waals surface area contributed by atoms with Gasteiger partial charge in [-0.3, -0.25) is 19.8 Å². The molecule has 1 aliphatic carbocycles. The Morgan fingerprint density at radius 3 is 2.62 bits per heavy atom. The fraction of sp³-hybridized carbons (Fsp3) is 0.571. The van der Waals surface area contributed by atoms with E-state index >= 15 is 0 Å². The van der Waals surface area contributed by atoms with Crippen LogP contribution < -0.4 is 5.32 Å². The van der Waals surface area contributed by atoms with Gasteiger partial charge in [0.1, 0.15) is 6.10 Å². The monoisotopic (exact) mass is 621 g/mol. The number of nitrogens with zero attached hydrogens (tertiary/aromatic N) is 4. The zero-order chi connectivity index (χ0) is 30.3. The summed E-state index contributed by atoms with van der Waals surface area (Å²) in [4.78, 5) is 40.4. The van der Waals surface area contributed by atoms with Gasteiger partial charge in [0.05, 0.1) is 16.8 Å². The van der Waals surface area contributed by atoms with Crippen molar-refractivity contribution in [2.24, 2.45) is 5.16 Å². The molecular weight excluding hydrogens is 582 g/mol. The first-order valence-electron chi connectivity index (χ1n) is 14.1. The normalized spacial score (nSPS) is 21.9. The Balaban J connectivity index is 1.45. The van der Waals surface area contributed by atoms with Gasteiger partial charge in [-0.25, -0.2) is 13.4 Å². The minimum atomic E-state index is -3.51. The number of ether oxygens (including phenoxy) is 1. The van der Waals surface area contributed by atoms with Crippen LogP contribution in [0.25, 0.3) is 0 Å². The molecule has 0 spiro atoms. The molecule has 4 rings (SSSR count). The SMILES string of the molecule is COCCCS(=O)(=O)c1ccc(C(=NO[C@@H]2CC[C@@H](O)C2)C(=O)Nc2ncc(CN3CCN(C(C)=O)[C@@H](C)C3)s2)cc1. The molecule has 0 radical (unpaired) electrons. The van der Waals surface area contributed by atoms with E-state index in [0.29, 0.717) is 56.1 Å². The molecule has 2 aromatic rings. The van der Waals surface area contributed by atoms with Gasteiger partial charge in [-0.15, -0.1) is 11.3 Å². The topological polar surface area (TPSA) is 151 Å². The van der Waals surface area contributed by atoms with E-state index in [9.17, 15) is 23.1 Å². The summed E-state index contributed by atoms with van der Waals surface area (Å²) < 4.78 is 30.3. The van der Waals surface area contributed by atoms with Gasteiger partial charge in [-0.2, -0.15) is 0 Å². The molecule has 2 aliphatic rings. The Morgan fingerprint density at radius 2 is 1.98 bits per heavy atom. The quantitative estimate of drug-likeness (QED) is 0.207. The lowest BCUT2D eigenvalue weighted by atomic mass is 10.1. The number of hydrogen-bond acceptors (Lipinski definition) is 11. The highest BCUT2D eigenvalue weighted by molar-refractivity contribution is 7.91. The van der Waals surface area contributed by atoms with Crippen molar-refractivity contribution in [3.8, 4) is 0 Å². The van der Waals surface area contributed by atoms with Crippen LogP contribution in [-0.4, -0.2) is 103 Å². The van der Waals surface area contributed by atoms with Crippen LogP contribution in [0.15, 0.2) is 40.5 Å². The summed E-state index contributed by atoms with van der Waals surface area (Å²) in [6, 6.07) is 6.09. The number of aliphatic hydroxyl groups is 1. The zero-order valence-electron chi connectivity index (χ0n) is 24.2. The Labute approximate surface area is 250 Å². The average Bonchev–Trinajstić information content (AvgIpc) is 3.57. The van der Waals surface area contributed by atoms with Crippen LogP contribution in [0.3, 0.4) is 0 Å². The molecule has 230 valence electrons. The Morgan fingerprint density at radius 1 is 1.21 bits per heavy atom. The molecular formula is C28H39N5O7S2. The molecule has 42 heavy (non-hydrogen) atoms. The maximum absolute atomic E-state index is 13.4. The maximum atomic E-state index is 13.4. The molecule has 1 saturated heterocycles. The molecule has 1 aromatic carbocycles. The Bertz CT molecular complexity index is 1360. The van der Waals surface area contributed by atoms with Gasteiger partial charge in [0.2, 0.25) is 5.91 Å². The highest BCUT2D eigenvalue weighted by atomic mass is 32.2. The summed E-state index contributed by atoms with van der Waals surface area (Å²) in [6.45, 7) is 6.79. The van der Waals surface area contributed by atoms with Crippen molar-refractivity contribution < 1.29 is 32.7 Å². The number of rotatable bonds is 12. The highest BCUT2D eigenvalue weighted by Gasteiger charge is 2.27. The fourth-order valence-electron chi connectivity index (χ4n) is 5.16. The molecule has 0 unspecified atom stereocenters. The van der Waals surface area contributed by atoms with Crippen molar-refractivity contribution in [3.63, 3.8) is 0 Å². The van der Waals surface area contributed by atoms with E-state index in [1.54, 1.807) is 13.1 Å². The van der Waals surface area contributed by atoms with Crippen molar-refractivity contribution in [2.75, 3.05) is 44.4 Å². The van der Waals surface area contributed by atoms with Crippen molar-refractivity contribution in [1.82, 2.24) is 14.8 Å². The predicted octanol–water partition coefficient (Wildman–Crippen LogP) is 2.28. The number of amides is 2. The Kier molecular flexibility index (Phi) is 11.1. The number of anilines is 1. The number of carbonyl (C=O) groups is 2. The van der Waals surface area contributed by atoms with Crippen molar-refractivity contribution in [3.05, 3.63) is 40.9 Å². The largest absolute Gasteiger partial charge is 0.393 e. The van der Waals surface area contributed by atoms with Gasteiger partial charge in [0, 0.05) is 75.9 Å². The third kappa shape index (κ3) is 8.57. The number of sulfone groups is 1. The molecule has 12 nitrogen and oxygen atoms in total. The zero-order valence-corrected chi connectivity index (χ0v) is 25.8. The van der Waals surface area contributed by atoms with E-state index in [4.69, 9.17) is 9.57 Å². The van der Waals surface area contributed by atoms with Gasteiger partial charge in [-0.05, 0) is 38.3 Å². The minimum absolute atomic E-state index is 0.0225. The summed E-state index contributed by atoms with van der Waals surface area (Å²) in [5.41, 5.74) is 0.363. The molecule has 2 N–H and O–H groups in total. The van der Waals surface area contributed by atoms with Crippen LogP contribution in [0.4, 0.5) is 5.13 Å². The lowest BCUT2D eigenvalue weighted by Crippen LogP contribution is -2.52. The number of carbonyl (C=O) groups excluding carboxylic acids is 2. The summed E-state index contributed by atoms with van der Waals surface area (Å²) in [6.07, 6.45) is 2.95. The van der Waals surface area contributed by atoms with E-state index in [-0.39, 0.29) is 34.4 Å². The van der Waals surface area contributed by atoms with Crippen LogP contribution in [0.5, 0.6) is 0 Å². The average molecular weight is 622 g/mol. The van der Waals surface area contributed by atoms with E-state index in [1.807, 2.05) is 11.8 Å². The number of benzene rings is 1. The smallest absolute Gasteiger partial charge is 0.280 e. The van der Waals surface area contributed by atoms with Gasteiger partial charge in [0.15, 0.2) is 20.7 Å². The third-order valence-electron chi connectivity index (χ3n) is 7.38. The number of oxime groups is 1. The molecule has 3 atom stereocenters. The minimum Gasteiger partial charge on any atom is -0.393 e. The first-order chi connectivity index (χ1) is 20.1. The molecule has 1 aromatic heterocycles. The van der Waals surface area contributed by atoms with E-state index in [1.165, 1.54) is 42.7 Å². The summed E-state index contributed by atoms with van der Waals surface area (Å²) in [7, 11) is -1.99. The van der Waals surface area contributed by atoms with Crippen LogP contribution >= 0.6 is 11.3 Å². The predicted molar refractivity (Wildman–Crippen MR) is 159 cm³/mol. The maximum Gasteiger partial charge on any atom is 0.280 e. The van der Waals surface area contributed by atoms with Crippen LogP contribution in [0.1, 0.15) is 50.0 Å². The number of hydrogen-bond donors (Lipinski definition) is 2. The number of aliphatic hydroxyl groups excluding tert-OH is 1. The number of nitrogens with one attached hydrogen (secondary N) is 1. The van der Waals surface area contributed by atoms with Crippen molar-refractivity contribution in [1.29, 1.82) is 0 Å². The van der Waals surface area contributed by atoms with E-state index < -0.39 is 21.8 Å². The third-order valence-corrected chi connectivity index (χ3v) is 10.1. The van der Waals surface area contributed by atoms with Gasteiger partial charge >= 0.3 is 0 Å². The molecule has 14 heteroatoms. The molecule has 2 fully saturated rings. The van der Waals surface area contributed by atoms with Gasteiger partial charge < -0.3 is 19.6 Å². The second-order valence-electron chi connectivity index (χ2n) is 10.7. The standard InChI is InChI=1S/C28H39N5O7S2/c1-19-17-32(11-12-33(19)20(2)34)18-24-16-29-28(41-24)30-27(36)26(31-40-23-8-7-22(35)15-23)21-5-9-25(10-6-21)42(37,38)14-4-13-39-3/h5-6,9-10,16,19,22-23,35H,4,7-8,11-15,17-18H2,1-3H3,(H,29,30,36)/t19-,22+,23+/m0/s1. The first kappa shape index (κ1) is 32.0. The second-order valence-corrected chi connectivity index (χ2v) is 13.9. The molecule has 1 aliphatic heterocycles. The van der Waals surface area contributed by atoms with Crippen molar-refractivity contribution in [2.45, 2.75) is 69.2 Å². The van der Waals surface area contributed by atoms with Crippen LogP contribution in [0.2, 0.25) is 0 Å². The number of piperazine rings is 1. The van der Waals surface area contributed by atoms with E-state index in [0.717, 1.165) is 18.0 Å². The number of thiazole rings is 1.